The third-order valence-corrected chi connectivity index (χ3v) is 5.18. The number of amides is 1. The minimum absolute atomic E-state index is 0.0139. The van der Waals surface area contributed by atoms with E-state index in [0.717, 1.165) is 15.6 Å². The number of benzene rings is 1. The van der Waals surface area contributed by atoms with E-state index in [0.29, 0.717) is 23.4 Å². The van der Waals surface area contributed by atoms with E-state index in [1.165, 1.54) is 11.8 Å². The largest absolute Gasteiger partial charge is 0.469 e. The Kier molecular flexibility index (Phi) is 5.60. The van der Waals surface area contributed by atoms with Crippen molar-refractivity contribution in [3.8, 4) is 11.5 Å². The number of hydrogen-bond donors (Lipinski definition) is 0. The van der Waals surface area contributed by atoms with E-state index < -0.39 is 0 Å². The van der Waals surface area contributed by atoms with Gasteiger partial charge in [-0.25, -0.2) is 0 Å². The minimum atomic E-state index is -0.0139. The van der Waals surface area contributed by atoms with Crippen molar-refractivity contribution in [1.29, 1.82) is 0 Å². The highest BCUT2D eigenvalue weighted by atomic mass is 79.9. The number of rotatable bonds is 6. The van der Waals surface area contributed by atoms with Gasteiger partial charge in [-0.3, -0.25) is 4.79 Å². The first-order chi connectivity index (χ1) is 12.0. The van der Waals surface area contributed by atoms with E-state index in [1.807, 2.05) is 31.2 Å². The molecule has 6 nitrogen and oxygen atoms in total. The molecule has 3 rings (SSSR count). The number of furan rings is 1. The van der Waals surface area contributed by atoms with Crippen LogP contribution in [-0.2, 0) is 11.3 Å². The molecule has 2 aromatic heterocycles. The number of nitrogens with zero attached hydrogens (tertiary/aromatic N) is 3. The number of hydrogen-bond acceptors (Lipinski definition) is 6. The maximum Gasteiger partial charge on any atom is 0.277 e. The maximum absolute atomic E-state index is 12.3. The van der Waals surface area contributed by atoms with Crippen molar-refractivity contribution in [2.75, 3.05) is 12.8 Å². The lowest BCUT2D eigenvalue weighted by molar-refractivity contribution is -0.127. The van der Waals surface area contributed by atoms with Crippen LogP contribution in [0.1, 0.15) is 11.3 Å². The molecule has 1 aromatic carbocycles. The molecule has 0 radical (unpaired) electrons. The SMILES string of the molecule is Cc1occc1-c1nnc(SCC(=O)N(C)Cc2ccccc2Br)o1. The van der Waals surface area contributed by atoms with E-state index >= 15 is 0 Å². The smallest absolute Gasteiger partial charge is 0.277 e. The molecule has 0 aliphatic heterocycles. The number of aromatic nitrogens is 2. The average molecular weight is 422 g/mol. The van der Waals surface area contributed by atoms with Gasteiger partial charge in [0.2, 0.25) is 5.91 Å². The summed E-state index contributed by atoms with van der Waals surface area (Å²) in [5.74, 6) is 1.32. The Balaban J connectivity index is 1.56. The quantitative estimate of drug-likeness (QED) is 0.556. The van der Waals surface area contributed by atoms with Crippen molar-refractivity contribution in [2.24, 2.45) is 0 Å². The normalized spacial score (nSPS) is 10.8. The van der Waals surface area contributed by atoms with Gasteiger partial charge in [0, 0.05) is 18.1 Å². The first kappa shape index (κ1) is 17.8. The van der Waals surface area contributed by atoms with E-state index in [1.54, 1.807) is 24.3 Å². The average Bonchev–Trinajstić information content (AvgIpc) is 3.23. The molecule has 0 spiro atoms. The first-order valence-electron chi connectivity index (χ1n) is 7.52. The molecule has 0 unspecified atom stereocenters. The molecule has 0 aliphatic rings. The van der Waals surface area contributed by atoms with Gasteiger partial charge in [-0.1, -0.05) is 45.9 Å². The van der Waals surface area contributed by atoms with Gasteiger partial charge in [0.05, 0.1) is 17.6 Å². The Hall–Kier alpha value is -2.06. The molecule has 130 valence electrons. The molecule has 1 amide bonds. The van der Waals surface area contributed by atoms with E-state index in [-0.39, 0.29) is 11.7 Å². The highest BCUT2D eigenvalue weighted by molar-refractivity contribution is 9.10. The molecule has 0 atom stereocenters. The lowest BCUT2D eigenvalue weighted by Gasteiger charge is -2.17. The highest BCUT2D eigenvalue weighted by Crippen LogP contribution is 2.26. The predicted octanol–water partition coefficient (Wildman–Crippen LogP) is 4.15. The maximum atomic E-state index is 12.3. The first-order valence-corrected chi connectivity index (χ1v) is 9.30. The third kappa shape index (κ3) is 4.32. The Morgan fingerprint density at radius 3 is 2.80 bits per heavy atom. The van der Waals surface area contributed by atoms with Gasteiger partial charge in [0.15, 0.2) is 0 Å². The van der Waals surface area contributed by atoms with Gasteiger partial charge in [-0.15, -0.1) is 10.2 Å². The fourth-order valence-electron chi connectivity index (χ4n) is 2.19. The summed E-state index contributed by atoms with van der Waals surface area (Å²) in [5.41, 5.74) is 1.82. The van der Waals surface area contributed by atoms with Crippen LogP contribution in [0.25, 0.3) is 11.5 Å². The van der Waals surface area contributed by atoms with Crippen molar-refractivity contribution in [1.82, 2.24) is 15.1 Å². The molecule has 0 fully saturated rings. The molecule has 0 saturated heterocycles. The summed E-state index contributed by atoms with van der Waals surface area (Å²) >= 11 is 4.71. The number of halogens is 1. The van der Waals surface area contributed by atoms with Crippen molar-refractivity contribution >= 4 is 33.6 Å². The van der Waals surface area contributed by atoms with Crippen LogP contribution in [0.5, 0.6) is 0 Å². The molecule has 0 N–H and O–H groups in total. The molecule has 0 aliphatic carbocycles. The van der Waals surface area contributed by atoms with E-state index in [4.69, 9.17) is 8.83 Å². The summed E-state index contributed by atoms with van der Waals surface area (Å²) in [4.78, 5) is 14.0. The lowest BCUT2D eigenvalue weighted by atomic mass is 10.2. The predicted molar refractivity (Wildman–Crippen MR) is 98.1 cm³/mol. The third-order valence-electron chi connectivity index (χ3n) is 3.61. The van der Waals surface area contributed by atoms with Gasteiger partial charge >= 0.3 is 0 Å². The summed E-state index contributed by atoms with van der Waals surface area (Å²) in [5, 5.41) is 8.32. The Bertz CT molecular complexity index is 877. The Morgan fingerprint density at radius 2 is 2.08 bits per heavy atom. The summed E-state index contributed by atoms with van der Waals surface area (Å²) in [6, 6.07) is 9.61. The fraction of sp³-hybridized carbons (Fsp3) is 0.235. The van der Waals surface area contributed by atoms with Crippen LogP contribution in [0.3, 0.4) is 0 Å². The van der Waals surface area contributed by atoms with Gasteiger partial charge in [-0.2, -0.15) is 0 Å². The minimum Gasteiger partial charge on any atom is -0.469 e. The van der Waals surface area contributed by atoms with E-state index in [9.17, 15) is 4.79 Å². The van der Waals surface area contributed by atoms with Crippen LogP contribution >= 0.6 is 27.7 Å². The molecule has 0 saturated carbocycles. The van der Waals surface area contributed by atoms with Crippen molar-refractivity contribution < 1.29 is 13.6 Å². The molecule has 2 heterocycles. The van der Waals surface area contributed by atoms with Crippen molar-refractivity contribution in [3.05, 3.63) is 52.4 Å². The summed E-state index contributed by atoms with van der Waals surface area (Å²) < 4.78 is 11.8. The molecule has 25 heavy (non-hydrogen) atoms. The topological polar surface area (TPSA) is 72.4 Å². The molecular weight excluding hydrogens is 406 g/mol. The van der Waals surface area contributed by atoms with Gasteiger partial charge in [-0.05, 0) is 24.6 Å². The number of carbonyl (C=O) groups excluding carboxylic acids is 1. The van der Waals surface area contributed by atoms with Crippen molar-refractivity contribution in [2.45, 2.75) is 18.7 Å². The molecule has 3 aromatic rings. The summed E-state index contributed by atoms with van der Waals surface area (Å²) in [6.45, 7) is 2.36. The van der Waals surface area contributed by atoms with Crippen molar-refractivity contribution in [3.63, 3.8) is 0 Å². The monoisotopic (exact) mass is 421 g/mol. The zero-order valence-electron chi connectivity index (χ0n) is 13.7. The molecule has 0 bridgehead atoms. The van der Waals surface area contributed by atoms with Crippen LogP contribution in [0.15, 0.2) is 55.1 Å². The molecule has 8 heteroatoms. The van der Waals surface area contributed by atoms with Gasteiger partial charge in [0.1, 0.15) is 5.76 Å². The van der Waals surface area contributed by atoms with Crippen LogP contribution < -0.4 is 0 Å². The van der Waals surface area contributed by atoms with Crippen LogP contribution in [-0.4, -0.2) is 33.8 Å². The number of carbonyl (C=O) groups is 1. The Labute approximate surface area is 157 Å². The summed E-state index contributed by atoms with van der Waals surface area (Å²) in [7, 11) is 1.77. The van der Waals surface area contributed by atoms with Crippen LogP contribution in [0, 0.1) is 6.92 Å². The molecular formula is C17H16BrN3O3S. The zero-order valence-corrected chi connectivity index (χ0v) is 16.1. The Morgan fingerprint density at radius 1 is 1.28 bits per heavy atom. The standard InChI is InChI=1S/C17H16BrN3O3S/c1-11-13(7-8-23-11)16-19-20-17(24-16)25-10-15(22)21(2)9-12-5-3-4-6-14(12)18/h3-8H,9-10H2,1-2H3. The second-order valence-corrected chi connectivity index (χ2v) is 7.17. The van der Waals surface area contributed by atoms with E-state index in [2.05, 4.69) is 26.1 Å². The second-order valence-electron chi connectivity index (χ2n) is 5.39. The fourth-order valence-corrected chi connectivity index (χ4v) is 3.30. The number of thioether (sulfide) groups is 1. The highest BCUT2D eigenvalue weighted by Gasteiger charge is 2.16. The van der Waals surface area contributed by atoms with Gasteiger partial charge in [0.25, 0.3) is 11.1 Å². The zero-order chi connectivity index (χ0) is 17.8. The van der Waals surface area contributed by atoms with Crippen LogP contribution in [0.4, 0.5) is 0 Å². The van der Waals surface area contributed by atoms with Gasteiger partial charge < -0.3 is 13.7 Å². The lowest BCUT2D eigenvalue weighted by Crippen LogP contribution is -2.27. The second kappa shape index (κ2) is 7.88. The van der Waals surface area contributed by atoms with Crippen LogP contribution in [0.2, 0.25) is 0 Å². The number of aryl methyl sites for hydroxylation is 1. The summed E-state index contributed by atoms with van der Waals surface area (Å²) in [6.07, 6.45) is 1.57.